The van der Waals surface area contributed by atoms with Gasteiger partial charge in [0.2, 0.25) is 0 Å². The van der Waals surface area contributed by atoms with Crippen molar-refractivity contribution in [2.24, 2.45) is 0 Å². The third-order valence-electron chi connectivity index (χ3n) is 1.86. The van der Waals surface area contributed by atoms with Gasteiger partial charge in [0.1, 0.15) is 9.52 Å². The minimum absolute atomic E-state index is 0. The second-order valence-electron chi connectivity index (χ2n) is 2.77. The maximum Gasteiger partial charge on any atom is 1.00 e. The molecule has 0 atom stereocenters. The predicted octanol–water partition coefficient (Wildman–Crippen LogP) is -0.618. The third kappa shape index (κ3) is 2.59. The van der Waals surface area contributed by atoms with E-state index in [1.54, 1.807) is 10.4 Å². The molecule has 0 bridgehead atoms. The molecule has 0 N–H and O–H groups in total. The van der Waals surface area contributed by atoms with Gasteiger partial charge >= 0.3 is 29.6 Å². The topological polar surface area (TPSA) is 0 Å². The second-order valence-corrected chi connectivity index (χ2v) is 4.31. The van der Waals surface area contributed by atoms with Gasteiger partial charge in [0.05, 0.1) is 0 Å². The van der Waals surface area contributed by atoms with Crippen LogP contribution in [0.3, 0.4) is 0 Å². The average molecular weight is 181 g/mol. The average Bonchev–Trinajstić information content (AvgIpc) is 2.60. The minimum atomic E-state index is 0. The zero-order valence-corrected chi connectivity index (χ0v) is 10.4. The van der Waals surface area contributed by atoms with Crippen LogP contribution in [0.25, 0.3) is 0 Å². The van der Waals surface area contributed by atoms with Gasteiger partial charge in [-0.25, -0.2) is 0 Å². The molecule has 0 heterocycles. The van der Waals surface area contributed by atoms with Gasteiger partial charge < -0.3 is 0 Å². The molecule has 2 radical (unpaired) electrons. The molecular formula is C10H10NaSi+. The first-order valence-corrected chi connectivity index (χ1v) is 4.93. The molecular weight excluding hydrogens is 171 g/mol. The zero-order chi connectivity index (χ0) is 7.52. The van der Waals surface area contributed by atoms with E-state index in [4.69, 9.17) is 0 Å². The fraction of sp³-hybridized carbons (Fsp3) is 0.200. The number of allylic oxidation sites excluding steroid dienone is 8. The van der Waals surface area contributed by atoms with Crippen molar-refractivity contribution in [1.29, 1.82) is 0 Å². The molecule has 12 heavy (non-hydrogen) atoms. The molecule has 2 heteroatoms. The summed E-state index contributed by atoms with van der Waals surface area (Å²) < 4.78 is 0. The van der Waals surface area contributed by atoms with Crippen LogP contribution in [0.1, 0.15) is 12.8 Å². The molecule has 0 saturated carbocycles. The van der Waals surface area contributed by atoms with Crippen molar-refractivity contribution in [2.45, 2.75) is 12.8 Å². The van der Waals surface area contributed by atoms with Crippen LogP contribution in [-0.4, -0.2) is 9.52 Å². The van der Waals surface area contributed by atoms with Gasteiger partial charge in [-0.2, -0.15) is 0 Å². The molecule has 0 aliphatic heterocycles. The predicted molar refractivity (Wildman–Crippen MR) is 49.4 cm³/mol. The molecule has 2 aliphatic rings. The quantitative estimate of drug-likeness (QED) is 0.498. The summed E-state index contributed by atoms with van der Waals surface area (Å²) in [6, 6.07) is 0. The van der Waals surface area contributed by atoms with E-state index in [-0.39, 0.29) is 29.6 Å². The molecule has 0 aromatic rings. The second kappa shape index (κ2) is 5.03. The van der Waals surface area contributed by atoms with Crippen molar-refractivity contribution >= 4 is 9.52 Å². The van der Waals surface area contributed by atoms with Crippen molar-refractivity contribution in [2.75, 3.05) is 0 Å². The van der Waals surface area contributed by atoms with Crippen LogP contribution in [-0.2, 0) is 0 Å². The van der Waals surface area contributed by atoms with E-state index >= 15 is 0 Å². The van der Waals surface area contributed by atoms with Gasteiger partial charge in [-0.3, -0.25) is 0 Å². The Labute approximate surface area is 98.2 Å². The van der Waals surface area contributed by atoms with E-state index in [2.05, 4.69) is 36.5 Å². The van der Waals surface area contributed by atoms with Crippen LogP contribution >= 0.6 is 0 Å². The zero-order valence-electron chi connectivity index (χ0n) is 7.38. The van der Waals surface area contributed by atoms with Gasteiger partial charge in [-0.1, -0.05) is 46.8 Å². The monoisotopic (exact) mass is 181 g/mol. The summed E-state index contributed by atoms with van der Waals surface area (Å²) in [6.45, 7) is 0. The van der Waals surface area contributed by atoms with E-state index in [9.17, 15) is 0 Å². The molecule has 0 aromatic carbocycles. The molecule has 0 unspecified atom stereocenters. The first kappa shape index (κ1) is 10.3. The molecule has 2 rings (SSSR count). The molecule has 0 nitrogen and oxygen atoms in total. The van der Waals surface area contributed by atoms with E-state index in [0.29, 0.717) is 0 Å². The van der Waals surface area contributed by atoms with Gasteiger partial charge in [0.25, 0.3) is 0 Å². The van der Waals surface area contributed by atoms with Crippen LogP contribution in [0.15, 0.2) is 46.8 Å². The fourth-order valence-corrected chi connectivity index (χ4v) is 2.50. The molecule has 54 valence electrons. The number of rotatable bonds is 2. The van der Waals surface area contributed by atoms with E-state index in [1.807, 2.05) is 0 Å². The Hall–Kier alpha value is 0.177. The Morgan fingerprint density at radius 1 is 0.917 bits per heavy atom. The van der Waals surface area contributed by atoms with Crippen LogP contribution in [0.4, 0.5) is 0 Å². The fourth-order valence-electron chi connectivity index (χ4n) is 1.29. The van der Waals surface area contributed by atoms with Crippen LogP contribution in [0.2, 0.25) is 0 Å². The summed E-state index contributed by atoms with van der Waals surface area (Å²) in [4.78, 5) is 0. The summed E-state index contributed by atoms with van der Waals surface area (Å²) in [6.07, 6.45) is 15.6. The van der Waals surface area contributed by atoms with Crippen LogP contribution < -0.4 is 29.6 Å². The van der Waals surface area contributed by atoms with E-state index in [1.165, 1.54) is 12.8 Å². The first-order chi connectivity index (χ1) is 5.45. The maximum absolute atomic E-state index is 2.25. The summed E-state index contributed by atoms with van der Waals surface area (Å²) in [7, 11) is 0.937. The summed E-state index contributed by atoms with van der Waals surface area (Å²) in [5, 5.41) is 3.17. The molecule has 0 spiro atoms. The van der Waals surface area contributed by atoms with Gasteiger partial charge in [0.15, 0.2) is 0 Å². The van der Waals surface area contributed by atoms with Crippen molar-refractivity contribution in [3.05, 3.63) is 46.8 Å². The molecule has 0 amide bonds. The first-order valence-electron chi connectivity index (χ1n) is 3.93. The van der Waals surface area contributed by atoms with Gasteiger partial charge in [-0.05, 0) is 12.8 Å². The van der Waals surface area contributed by atoms with Crippen molar-refractivity contribution in [3.63, 3.8) is 0 Å². The molecule has 0 fully saturated rings. The number of hydrogen-bond donors (Lipinski definition) is 0. The minimum Gasteiger partial charge on any atom is -0.0809 e. The Bertz CT molecular complexity index is 244. The molecule has 2 aliphatic carbocycles. The van der Waals surface area contributed by atoms with Crippen LogP contribution in [0, 0.1) is 0 Å². The van der Waals surface area contributed by atoms with Gasteiger partial charge in [0, 0.05) is 0 Å². The van der Waals surface area contributed by atoms with E-state index < -0.39 is 0 Å². The molecule has 0 aromatic heterocycles. The molecule has 0 saturated heterocycles. The Morgan fingerprint density at radius 3 is 1.75 bits per heavy atom. The van der Waals surface area contributed by atoms with Crippen molar-refractivity contribution in [1.82, 2.24) is 0 Å². The van der Waals surface area contributed by atoms with Crippen LogP contribution in [0.5, 0.6) is 0 Å². The number of hydrogen-bond acceptors (Lipinski definition) is 0. The summed E-state index contributed by atoms with van der Waals surface area (Å²) >= 11 is 0. The largest absolute Gasteiger partial charge is 1.00 e. The van der Waals surface area contributed by atoms with Crippen molar-refractivity contribution < 1.29 is 29.6 Å². The summed E-state index contributed by atoms with van der Waals surface area (Å²) in [5.74, 6) is 0. The summed E-state index contributed by atoms with van der Waals surface area (Å²) in [5.41, 5.74) is 0. The Kier molecular flexibility index (Phi) is 4.30. The van der Waals surface area contributed by atoms with Crippen molar-refractivity contribution in [3.8, 4) is 0 Å². The van der Waals surface area contributed by atoms with E-state index in [0.717, 1.165) is 9.52 Å². The smallest absolute Gasteiger partial charge is 0.0809 e. The third-order valence-corrected chi connectivity index (χ3v) is 3.25. The standard InChI is InChI=1S/C10H10Si.Na/c1-2-6-9(5-1)11-10-7-3-4-8-10;/h1-5,7H,6,8H2;/q;+1. The van der Waals surface area contributed by atoms with Gasteiger partial charge in [-0.15, -0.1) is 0 Å². The normalized spacial score (nSPS) is 19.0. The Morgan fingerprint density at radius 2 is 1.42 bits per heavy atom. The SMILES string of the molecule is C1=CCC([Si]C2=CC=CC2)=C1.[Na+]. The maximum atomic E-state index is 2.25. The Balaban J connectivity index is 0.000000720.